The summed E-state index contributed by atoms with van der Waals surface area (Å²) in [4.78, 5) is 26.8. The lowest BCUT2D eigenvalue weighted by Crippen LogP contribution is -2.42. The summed E-state index contributed by atoms with van der Waals surface area (Å²) < 4.78 is 10.2. The lowest BCUT2D eigenvalue weighted by molar-refractivity contribution is -0.109. The van der Waals surface area contributed by atoms with Crippen molar-refractivity contribution in [2.45, 2.75) is 18.4 Å². The summed E-state index contributed by atoms with van der Waals surface area (Å²) in [5.41, 5.74) is -0.471. The molecule has 1 fully saturated rings. The lowest BCUT2D eigenvalue weighted by atomic mass is 10.2. The van der Waals surface area contributed by atoms with Crippen molar-refractivity contribution in [3.63, 3.8) is 0 Å². The molecule has 0 N–H and O–H groups in total. The lowest BCUT2D eigenvalue weighted by Gasteiger charge is -2.29. The van der Waals surface area contributed by atoms with Gasteiger partial charge in [0.15, 0.2) is 5.88 Å². The molecular formula is C14H20N2O4. The number of hydrogen-bond donors (Lipinski definition) is 0. The van der Waals surface area contributed by atoms with E-state index in [1.807, 2.05) is 23.9 Å². The number of carbonyl (C=O) groups excluding carboxylic acids is 2. The fourth-order valence-electron chi connectivity index (χ4n) is 2.11. The van der Waals surface area contributed by atoms with Crippen LogP contribution in [-0.2, 0) is 9.53 Å². The molecule has 0 bridgehead atoms. The summed E-state index contributed by atoms with van der Waals surface area (Å²) in [6.45, 7) is 1.46. The number of hydrogen-bond acceptors (Lipinski definition) is 6. The minimum absolute atomic E-state index is 0.152. The standard InChI is InChI=1S/C14H20N2O4/c1-15(2)8-9-16(14(10-17)6-7-14)12-5-4-11(20-12)13(18)19-3/h4-5,10H,6-9H2,1-3H3. The summed E-state index contributed by atoms with van der Waals surface area (Å²) in [6, 6.07) is 3.29. The molecule has 0 radical (unpaired) electrons. The van der Waals surface area contributed by atoms with E-state index < -0.39 is 11.5 Å². The highest BCUT2D eigenvalue weighted by atomic mass is 16.5. The van der Waals surface area contributed by atoms with Gasteiger partial charge in [-0.05, 0) is 33.0 Å². The van der Waals surface area contributed by atoms with Gasteiger partial charge in [0.25, 0.3) is 0 Å². The number of nitrogens with zero attached hydrogens (tertiary/aromatic N) is 2. The Morgan fingerprint density at radius 2 is 2.10 bits per heavy atom. The molecule has 0 aliphatic heterocycles. The molecule has 1 heterocycles. The highest BCUT2D eigenvalue weighted by Gasteiger charge is 2.49. The molecule has 0 saturated heterocycles. The van der Waals surface area contributed by atoms with Gasteiger partial charge in [0.2, 0.25) is 5.76 Å². The number of likely N-dealkylation sites (N-methyl/N-ethyl adjacent to an activating group) is 1. The van der Waals surface area contributed by atoms with Crippen molar-refractivity contribution in [2.75, 3.05) is 39.2 Å². The molecule has 1 aliphatic rings. The summed E-state index contributed by atoms with van der Waals surface area (Å²) in [5, 5.41) is 0. The fourth-order valence-corrected chi connectivity index (χ4v) is 2.11. The van der Waals surface area contributed by atoms with Crippen molar-refractivity contribution in [1.29, 1.82) is 0 Å². The van der Waals surface area contributed by atoms with E-state index in [-0.39, 0.29) is 5.76 Å². The Labute approximate surface area is 118 Å². The van der Waals surface area contributed by atoms with Crippen LogP contribution in [-0.4, -0.2) is 57.0 Å². The number of esters is 1. The summed E-state index contributed by atoms with van der Waals surface area (Å²) >= 11 is 0. The van der Waals surface area contributed by atoms with E-state index >= 15 is 0 Å². The van der Waals surface area contributed by atoms with Gasteiger partial charge in [-0.15, -0.1) is 0 Å². The zero-order valence-electron chi connectivity index (χ0n) is 12.1. The highest BCUT2D eigenvalue weighted by molar-refractivity contribution is 5.87. The third kappa shape index (κ3) is 2.85. The Balaban J connectivity index is 2.20. The quantitative estimate of drug-likeness (QED) is 0.552. The minimum Gasteiger partial charge on any atom is -0.463 e. The first-order valence-corrected chi connectivity index (χ1v) is 6.59. The molecule has 1 aromatic heterocycles. The van der Waals surface area contributed by atoms with Crippen molar-refractivity contribution < 1.29 is 18.7 Å². The average molecular weight is 280 g/mol. The van der Waals surface area contributed by atoms with Crippen molar-refractivity contribution in [3.05, 3.63) is 17.9 Å². The van der Waals surface area contributed by atoms with Crippen LogP contribution in [0.1, 0.15) is 23.4 Å². The number of carbonyl (C=O) groups is 2. The first-order valence-electron chi connectivity index (χ1n) is 6.59. The number of ether oxygens (including phenoxy) is 1. The van der Waals surface area contributed by atoms with Crippen LogP contribution < -0.4 is 4.90 Å². The van der Waals surface area contributed by atoms with E-state index in [4.69, 9.17) is 4.42 Å². The Morgan fingerprint density at radius 1 is 1.40 bits per heavy atom. The molecule has 1 saturated carbocycles. The van der Waals surface area contributed by atoms with E-state index in [1.54, 1.807) is 12.1 Å². The van der Waals surface area contributed by atoms with Crippen LogP contribution in [0.3, 0.4) is 0 Å². The van der Waals surface area contributed by atoms with Gasteiger partial charge in [-0.3, -0.25) is 0 Å². The smallest absolute Gasteiger partial charge is 0.374 e. The SMILES string of the molecule is COC(=O)c1ccc(N(CCN(C)C)C2(C=O)CC2)o1. The predicted octanol–water partition coefficient (Wildman–Crippen LogP) is 1.17. The number of anilines is 1. The summed E-state index contributed by atoms with van der Waals surface area (Å²) in [5.74, 6) is 0.177. The molecule has 0 amide bonds. The maximum Gasteiger partial charge on any atom is 0.374 e. The first-order chi connectivity index (χ1) is 9.52. The second-order valence-corrected chi connectivity index (χ2v) is 5.31. The van der Waals surface area contributed by atoms with Gasteiger partial charge in [-0.2, -0.15) is 0 Å². The Morgan fingerprint density at radius 3 is 2.60 bits per heavy atom. The minimum atomic E-state index is -0.514. The molecule has 2 rings (SSSR count). The largest absolute Gasteiger partial charge is 0.463 e. The van der Waals surface area contributed by atoms with E-state index in [2.05, 4.69) is 4.74 Å². The van der Waals surface area contributed by atoms with Gasteiger partial charge in [-0.25, -0.2) is 4.79 Å². The van der Waals surface area contributed by atoms with Gasteiger partial charge in [0.1, 0.15) is 6.29 Å². The molecule has 6 nitrogen and oxygen atoms in total. The van der Waals surface area contributed by atoms with Crippen LogP contribution in [0.15, 0.2) is 16.5 Å². The van der Waals surface area contributed by atoms with Crippen LogP contribution in [0.5, 0.6) is 0 Å². The third-order valence-corrected chi connectivity index (χ3v) is 3.53. The zero-order valence-corrected chi connectivity index (χ0v) is 12.1. The maximum atomic E-state index is 11.4. The average Bonchev–Trinajstić information content (AvgIpc) is 3.07. The van der Waals surface area contributed by atoms with E-state index in [0.717, 1.165) is 25.7 Å². The van der Waals surface area contributed by atoms with Crippen molar-refractivity contribution in [1.82, 2.24) is 4.90 Å². The zero-order chi connectivity index (χ0) is 14.8. The third-order valence-electron chi connectivity index (χ3n) is 3.53. The first kappa shape index (κ1) is 14.6. The van der Waals surface area contributed by atoms with E-state index in [1.165, 1.54) is 7.11 Å². The molecule has 0 aromatic carbocycles. The number of aldehydes is 1. The molecule has 6 heteroatoms. The number of rotatable bonds is 7. The van der Waals surface area contributed by atoms with Crippen LogP contribution >= 0.6 is 0 Å². The fraction of sp³-hybridized carbons (Fsp3) is 0.571. The van der Waals surface area contributed by atoms with E-state index in [0.29, 0.717) is 12.4 Å². The molecule has 1 aliphatic carbocycles. The summed E-state index contributed by atoms with van der Waals surface area (Å²) in [7, 11) is 5.25. The van der Waals surface area contributed by atoms with Crippen LogP contribution in [0.25, 0.3) is 0 Å². The Kier molecular flexibility index (Phi) is 4.13. The molecule has 1 aromatic rings. The van der Waals surface area contributed by atoms with Crippen molar-refractivity contribution >= 4 is 18.1 Å². The highest BCUT2D eigenvalue weighted by Crippen LogP contribution is 2.42. The molecule has 0 atom stereocenters. The number of furan rings is 1. The van der Waals surface area contributed by atoms with Crippen LogP contribution in [0.4, 0.5) is 5.88 Å². The summed E-state index contributed by atoms with van der Waals surface area (Å²) in [6.07, 6.45) is 2.61. The van der Waals surface area contributed by atoms with Crippen LogP contribution in [0, 0.1) is 0 Å². The molecule has 20 heavy (non-hydrogen) atoms. The van der Waals surface area contributed by atoms with Gasteiger partial charge in [-0.1, -0.05) is 0 Å². The topological polar surface area (TPSA) is 63.0 Å². The van der Waals surface area contributed by atoms with Crippen molar-refractivity contribution in [2.24, 2.45) is 0 Å². The predicted molar refractivity (Wildman–Crippen MR) is 74.0 cm³/mol. The van der Waals surface area contributed by atoms with Crippen molar-refractivity contribution in [3.8, 4) is 0 Å². The molecule has 0 spiro atoms. The second-order valence-electron chi connectivity index (χ2n) is 5.31. The Hall–Kier alpha value is -1.82. The second kappa shape index (κ2) is 5.66. The van der Waals surface area contributed by atoms with E-state index in [9.17, 15) is 9.59 Å². The van der Waals surface area contributed by atoms with Crippen LogP contribution in [0.2, 0.25) is 0 Å². The Bertz CT molecular complexity index is 491. The maximum absolute atomic E-state index is 11.4. The van der Waals surface area contributed by atoms with Gasteiger partial charge in [0.05, 0.1) is 12.6 Å². The normalized spacial score (nSPS) is 16.0. The van der Waals surface area contributed by atoms with Gasteiger partial charge >= 0.3 is 5.97 Å². The van der Waals surface area contributed by atoms with Gasteiger partial charge < -0.3 is 23.7 Å². The molecular weight excluding hydrogens is 260 g/mol. The molecule has 110 valence electrons. The van der Waals surface area contributed by atoms with Gasteiger partial charge in [0, 0.05) is 19.2 Å². The number of methoxy groups -OCH3 is 1. The monoisotopic (exact) mass is 280 g/mol. The molecule has 0 unspecified atom stereocenters.